The van der Waals surface area contributed by atoms with Gasteiger partial charge in [0.1, 0.15) is 0 Å². The van der Waals surface area contributed by atoms with E-state index in [-0.39, 0.29) is 16.9 Å². The lowest BCUT2D eigenvalue weighted by molar-refractivity contribution is 0.354. The van der Waals surface area contributed by atoms with Crippen LogP contribution in [0, 0.1) is 0 Å². The molecule has 2 aromatic carbocycles. The monoisotopic (exact) mass is 349 g/mol. The fourth-order valence-electron chi connectivity index (χ4n) is 2.33. The Morgan fingerprint density at radius 1 is 0.958 bits per heavy atom. The molecule has 2 rings (SSSR count). The molecule has 0 atom stereocenters. The largest absolute Gasteiger partial charge is 0.493 e. The van der Waals surface area contributed by atoms with Crippen LogP contribution in [0.2, 0.25) is 0 Å². The highest BCUT2D eigenvalue weighted by atomic mass is 32.2. The maximum atomic E-state index is 12.6. The summed E-state index contributed by atoms with van der Waals surface area (Å²) in [6, 6.07) is 14.3. The molecule has 6 heteroatoms. The summed E-state index contributed by atoms with van der Waals surface area (Å²) < 4.78 is 38.1. The van der Waals surface area contributed by atoms with Crippen molar-refractivity contribution in [3.05, 3.63) is 54.1 Å². The van der Waals surface area contributed by atoms with Gasteiger partial charge in [0.25, 0.3) is 0 Å². The van der Waals surface area contributed by atoms with Crippen LogP contribution in [0.4, 0.5) is 0 Å². The molecule has 130 valence electrons. The quantitative estimate of drug-likeness (QED) is 0.835. The number of sulfonamides is 1. The zero-order chi connectivity index (χ0) is 17.8. The zero-order valence-corrected chi connectivity index (χ0v) is 15.2. The number of rotatable bonds is 7. The van der Waals surface area contributed by atoms with E-state index >= 15 is 0 Å². The third kappa shape index (κ3) is 4.07. The van der Waals surface area contributed by atoms with E-state index in [9.17, 15) is 8.42 Å². The highest BCUT2D eigenvalue weighted by Gasteiger charge is 2.24. The van der Waals surface area contributed by atoms with E-state index in [1.165, 1.54) is 26.4 Å². The first-order valence-corrected chi connectivity index (χ1v) is 9.06. The first-order valence-electron chi connectivity index (χ1n) is 7.57. The van der Waals surface area contributed by atoms with Gasteiger partial charge in [0.15, 0.2) is 11.5 Å². The summed E-state index contributed by atoms with van der Waals surface area (Å²) >= 11 is 0. The molecule has 0 fully saturated rings. The van der Waals surface area contributed by atoms with Crippen LogP contribution >= 0.6 is 0 Å². The van der Waals surface area contributed by atoms with Gasteiger partial charge in [0.05, 0.1) is 19.1 Å². The minimum absolute atomic E-state index is 0.143. The predicted molar refractivity (Wildman–Crippen MR) is 94.2 cm³/mol. The lowest BCUT2D eigenvalue weighted by atomic mass is 9.85. The van der Waals surface area contributed by atoms with E-state index < -0.39 is 10.0 Å². The Morgan fingerprint density at radius 2 is 1.58 bits per heavy atom. The van der Waals surface area contributed by atoms with E-state index in [2.05, 4.69) is 4.72 Å². The van der Waals surface area contributed by atoms with Crippen LogP contribution < -0.4 is 14.2 Å². The number of benzene rings is 2. The molecule has 0 aromatic heterocycles. The van der Waals surface area contributed by atoms with Gasteiger partial charge in [-0.25, -0.2) is 13.1 Å². The van der Waals surface area contributed by atoms with Crippen LogP contribution in [0.3, 0.4) is 0 Å². The molecule has 1 N–H and O–H groups in total. The van der Waals surface area contributed by atoms with Crippen molar-refractivity contribution in [2.75, 3.05) is 20.8 Å². The second-order valence-corrected chi connectivity index (χ2v) is 7.86. The van der Waals surface area contributed by atoms with Gasteiger partial charge in [-0.05, 0) is 17.7 Å². The first-order chi connectivity index (χ1) is 11.3. The molecule has 0 bridgehead atoms. The van der Waals surface area contributed by atoms with Crippen molar-refractivity contribution in [3.63, 3.8) is 0 Å². The fourth-order valence-corrected chi connectivity index (χ4v) is 3.56. The number of ether oxygens (including phenoxy) is 2. The van der Waals surface area contributed by atoms with E-state index in [0.29, 0.717) is 11.5 Å². The molecule has 0 radical (unpaired) electrons. The molecule has 0 heterocycles. The van der Waals surface area contributed by atoms with Gasteiger partial charge in [0.2, 0.25) is 10.0 Å². The lowest BCUT2D eigenvalue weighted by Gasteiger charge is -2.25. The SMILES string of the molecule is COc1ccc(S(=O)(=O)NCC(C)(C)c2ccccc2)cc1OC. The molecule has 0 amide bonds. The first kappa shape index (κ1) is 18.3. The minimum Gasteiger partial charge on any atom is -0.493 e. The van der Waals surface area contributed by atoms with Crippen LogP contribution in [-0.4, -0.2) is 29.2 Å². The molecular weight excluding hydrogens is 326 g/mol. The molecule has 5 nitrogen and oxygen atoms in total. The van der Waals surface area contributed by atoms with Gasteiger partial charge in [-0.15, -0.1) is 0 Å². The number of hydrogen-bond donors (Lipinski definition) is 1. The molecule has 24 heavy (non-hydrogen) atoms. The minimum atomic E-state index is -3.64. The van der Waals surface area contributed by atoms with E-state index in [1.807, 2.05) is 44.2 Å². The van der Waals surface area contributed by atoms with Gasteiger partial charge < -0.3 is 9.47 Å². The van der Waals surface area contributed by atoms with Crippen LogP contribution in [0.15, 0.2) is 53.4 Å². The average molecular weight is 349 g/mol. The molecule has 0 aliphatic carbocycles. The summed E-state index contributed by atoms with van der Waals surface area (Å²) in [5.41, 5.74) is 0.741. The van der Waals surface area contributed by atoms with E-state index in [1.54, 1.807) is 6.07 Å². The van der Waals surface area contributed by atoms with E-state index in [4.69, 9.17) is 9.47 Å². The van der Waals surface area contributed by atoms with Crippen LogP contribution in [0.25, 0.3) is 0 Å². The van der Waals surface area contributed by atoms with Gasteiger partial charge in [-0.3, -0.25) is 0 Å². The molecule has 0 unspecified atom stereocenters. The van der Waals surface area contributed by atoms with Crippen molar-refractivity contribution in [1.82, 2.24) is 4.72 Å². The zero-order valence-electron chi connectivity index (χ0n) is 14.4. The second-order valence-electron chi connectivity index (χ2n) is 6.09. The third-order valence-electron chi connectivity index (χ3n) is 3.92. The third-order valence-corrected chi connectivity index (χ3v) is 5.32. The summed E-state index contributed by atoms with van der Waals surface area (Å²) in [7, 11) is -0.666. The number of hydrogen-bond acceptors (Lipinski definition) is 4. The lowest BCUT2D eigenvalue weighted by Crippen LogP contribution is -2.36. The molecule has 2 aromatic rings. The smallest absolute Gasteiger partial charge is 0.240 e. The predicted octanol–water partition coefficient (Wildman–Crippen LogP) is 2.96. The van der Waals surface area contributed by atoms with Gasteiger partial charge in [-0.1, -0.05) is 44.2 Å². The Kier molecular flexibility index (Phi) is 5.51. The second kappa shape index (κ2) is 7.23. The number of nitrogens with one attached hydrogen (secondary N) is 1. The molecule has 0 saturated heterocycles. The van der Waals surface area contributed by atoms with Crippen molar-refractivity contribution in [1.29, 1.82) is 0 Å². The Balaban J connectivity index is 2.20. The Hall–Kier alpha value is -2.05. The van der Waals surface area contributed by atoms with Crippen molar-refractivity contribution < 1.29 is 17.9 Å². The highest BCUT2D eigenvalue weighted by Crippen LogP contribution is 2.29. The Labute approximate surface area is 143 Å². The molecule has 0 aliphatic rings. The normalized spacial score (nSPS) is 12.0. The topological polar surface area (TPSA) is 64.6 Å². The van der Waals surface area contributed by atoms with Crippen molar-refractivity contribution in [2.24, 2.45) is 0 Å². The van der Waals surface area contributed by atoms with Crippen molar-refractivity contribution >= 4 is 10.0 Å². The number of methoxy groups -OCH3 is 2. The maximum absolute atomic E-state index is 12.6. The van der Waals surface area contributed by atoms with Gasteiger partial charge in [0, 0.05) is 18.0 Å². The summed E-state index contributed by atoms with van der Waals surface area (Å²) in [4.78, 5) is 0.143. The fraction of sp³-hybridized carbons (Fsp3) is 0.333. The van der Waals surface area contributed by atoms with Crippen molar-refractivity contribution in [2.45, 2.75) is 24.2 Å². The summed E-state index contributed by atoms with van der Waals surface area (Å²) in [5, 5.41) is 0. The average Bonchev–Trinajstić information content (AvgIpc) is 2.60. The molecular formula is C18H23NO4S. The van der Waals surface area contributed by atoms with Crippen LogP contribution in [0.5, 0.6) is 11.5 Å². The van der Waals surface area contributed by atoms with Crippen LogP contribution in [0.1, 0.15) is 19.4 Å². The summed E-state index contributed by atoms with van der Waals surface area (Å²) in [6.45, 7) is 4.28. The van der Waals surface area contributed by atoms with Gasteiger partial charge in [-0.2, -0.15) is 0 Å². The molecule has 0 spiro atoms. The maximum Gasteiger partial charge on any atom is 0.240 e. The van der Waals surface area contributed by atoms with Gasteiger partial charge >= 0.3 is 0 Å². The summed E-state index contributed by atoms with van der Waals surface area (Å²) in [5.74, 6) is 0.865. The summed E-state index contributed by atoms with van der Waals surface area (Å²) in [6.07, 6.45) is 0. The molecule has 0 saturated carbocycles. The molecule has 0 aliphatic heterocycles. The highest BCUT2D eigenvalue weighted by molar-refractivity contribution is 7.89. The Morgan fingerprint density at radius 3 is 2.17 bits per heavy atom. The Bertz CT molecular complexity index is 786. The van der Waals surface area contributed by atoms with Crippen molar-refractivity contribution in [3.8, 4) is 11.5 Å². The standard InChI is InChI=1S/C18H23NO4S/c1-18(2,14-8-6-5-7-9-14)13-19-24(20,21)15-10-11-16(22-3)17(12-15)23-4/h5-12,19H,13H2,1-4H3. The van der Waals surface area contributed by atoms with E-state index in [0.717, 1.165) is 5.56 Å². The van der Waals surface area contributed by atoms with Crippen LogP contribution in [-0.2, 0) is 15.4 Å².